The van der Waals surface area contributed by atoms with Crippen LogP contribution >= 0.6 is 7.60 Å². The van der Waals surface area contributed by atoms with Gasteiger partial charge in [0.25, 0.3) is 0 Å². The Morgan fingerprint density at radius 3 is 1.68 bits per heavy atom. The molecule has 0 aliphatic carbocycles. The predicted molar refractivity (Wildman–Crippen MR) is 71.4 cm³/mol. The van der Waals surface area contributed by atoms with E-state index in [4.69, 9.17) is 14.6 Å². The largest absolute Gasteiger partial charge is 0.536 e. The van der Waals surface area contributed by atoms with Crippen molar-refractivity contribution in [3.05, 3.63) is 66.2 Å². The first-order valence-corrected chi connectivity index (χ1v) is 7.11. The molecule has 0 aliphatic heterocycles. The van der Waals surface area contributed by atoms with Gasteiger partial charge in [0.1, 0.15) is 11.5 Å². The fourth-order valence-electron chi connectivity index (χ4n) is 1.39. The van der Waals surface area contributed by atoms with Crippen LogP contribution < -0.4 is 9.05 Å². The van der Waals surface area contributed by atoms with Gasteiger partial charge in [-0.25, -0.2) is 4.57 Å². The molecule has 0 heterocycles. The molecule has 0 bridgehead atoms. The summed E-state index contributed by atoms with van der Waals surface area (Å²) in [5.41, 5.74) is 8.60. The minimum atomic E-state index is -3.70. The highest BCUT2D eigenvalue weighted by atomic mass is 31.2. The van der Waals surface area contributed by atoms with E-state index in [1.54, 1.807) is 60.7 Å². The molecule has 0 fully saturated rings. The third-order valence-corrected chi connectivity index (χ3v) is 3.46. The van der Waals surface area contributed by atoms with E-state index >= 15 is 0 Å². The molecule has 2 aromatic rings. The van der Waals surface area contributed by atoms with Crippen LogP contribution in [0.15, 0.2) is 60.7 Å². The van der Waals surface area contributed by atoms with E-state index in [0.29, 0.717) is 11.5 Å². The lowest BCUT2D eigenvalue weighted by Crippen LogP contribution is -2.02. The molecule has 6 heteroatoms. The molecule has 96 valence electrons. The highest BCUT2D eigenvalue weighted by Gasteiger charge is 2.31. The van der Waals surface area contributed by atoms with Gasteiger partial charge in [-0.05, 0) is 24.3 Å². The maximum Gasteiger partial charge on any atom is 0.536 e. The Hall–Kier alpha value is -2.35. The second kappa shape index (κ2) is 6.01. The second-order valence-electron chi connectivity index (χ2n) is 3.58. The molecule has 0 N–H and O–H groups in total. The molecular formula is C13H11N2O3P. The third-order valence-electron chi connectivity index (χ3n) is 2.14. The van der Waals surface area contributed by atoms with Crippen molar-refractivity contribution in [1.29, 1.82) is 0 Å². The average molecular weight is 274 g/mol. The zero-order valence-corrected chi connectivity index (χ0v) is 10.8. The van der Waals surface area contributed by atoms with Gasteiger partial charge in [-0.2, -0.15) is 4.79 Å². The van der Waals surface area contributed by atoms with Gasteiger partial charge in [0.15, 0.2) is 0 Å². The van der Waals surface area contributed by atoms with Crippen molar-refractivity contribution in [2.45, 2.75) is 0 Å². The molecular weight excluding hydrogens is 263 g/mol. The number of nitrogens with zero attached hydrogens (tertiary/aromatic N) is 2. The summed E-state index contributed by atoms with van der Waals surface area (Å²) >= 11 is 0. The van der Waals surface area contributed by atoms with Crippen LogP contribution in [0.4, 0.5) is 0 Å². The van der Waals surface area contributed by atoms with Crippen molar-refractivity contribution in [1.82, 2.24) is 0 Å². The van der Waals surface area contributed by atoms with Gasteiger partial charge < -0.3 is 14.6 Å². The topological polar surface area (TPSA) is 71.9 Å². The molecule has 0 saturated heterocycles. The van der Waals surface area contributed by atoms with Crippen LogP contribution in [0.25, 0.3) is 5.53 Å². The summed E-state index contributed by atoms with van der Waals surface area (Å²) < 4.78 is 22.9. The van der Waals surface area contributed by atoms with Gasteiger partial charge in [0.2, 0.25) is 0 Å². The number of hydrogen-bond acceptors (Lipinski definition) is 3. The third kappa shape index (κ3) is 3.81. The zero-order valence-electron chi connectivity index (χ0n) is 9.92. The van der Waals surface area contributed by atoms with Crippen molar-refractivity contribution >= 4 is 13.6 Å². The number of benzene rings is 2. The smallest absolute Gasteiger partial charge is 0.409 e. The first-order valence-electron chi connectivity index (χ1n) is 5.49. The number of hydrogen-bond donors (Lipinski definition) is 0. The summed E-state index contributed by atoms with van der Waals surface area (Å²) in [4.78, 5) is 2.76. The van der Waals surface area contributed by atoms with E-state index in [0.717, 1.165) is 5.96 Å². The number of para-hydroxylation sites is 2. The molecule has 0 amide bonds. The summed E-state index contributed by atoms with van der Waals surface area (Å²) in [5, 5.41) is 0. The molecule has 0 radical (unpaired) electrons. The maximum absolute atomic E-state index is 12.4. The molecule has 0 unspecified atom stereocenters. The van der Waals surface area contributed by atoms with Crippen LogP contribution in [0, 0.1) is 0 Å². The standard InChI is InChI=1S/C13H11N2O3P/c14-15-11-19(16,17-12-7-3-1-4-8-12)18-13-9-5-2-6-10-13/h1-11H. The van der Waals surface area contributed by atoms with Crippen molar-refractivity contribution in [2.75, 3.05) is 0 Å². The summed E-state index contributed by atoms with van der Waals surface area (Å²) in [6, 6.07) is 17.1. The van der Waals surface area contributed by atoms with E-state index in [2.05, 4.69) is 4.79 Å². The van der Waals surface area contributed by atoms with E-state index < -0.39 is 7.60 Å². The molecule has 0 aliphatic rings. The summed E-state index contributed by atoms with van der Waals surface area (Å²) in [5.74, 6) is 1.48. The molecule has 5 nitrogen and oxygen atoms in total. The summed E-state index contributed by atoms with van der Waals surface area (Å²) in [6.45, 7) is 0. The summed E-state index contributed by atoms with van der Waals surface area (Å²) in [6.07, 6.45) is 0. The van der Waals surface area contributed by atoms with Gasteiger partial charge in [-0.3, -0.25) is 0 Å². The quantitative estimate of drug-likeness (QED) is 0.362. The SMILES string of the molecule is [N-]=[N+]=CP(=O)(Oc1ccccc1)Oc1ccccc1. The van der Waals surface area contributed by atoms with Gasteiger partial charge >= 0.3 is 13.6 Å². The molecule has 2 aromatic carbocycles. The molecule has 19 heavy (non-hydrogen) atoms. The van der Waals surface area contributed by atoms with Gasteiger partial charge in [0.05, 0.1) is 0 Å². The summed E-state index contributed by atoms with van der Waals surface area (Å²) in [7, 11) is -3.70. The lowest BCUT2D eigenvalue weighted by Gasteiger charge is -2.13. The monoisotopic (exact) mass is 274 g/mol. The van der Waals surface area contributed by atoms with E-state index in [1.807, 2.05) is 0 Å². The average Bonchev–Trinajstić information content (AvgIpc) is 2.41. The Bertz CT molecular complexity index is 579. The first kappa shape index (κ1) is 13.1. The van der Waals surface area contributed by atoms with E-state index in [9.17, 15) is 4.57 Å². The Labute approximate surface area is 110 Å². The Balaban J connectivity index is 2.23. The molecule has 0 aromatic heterocycles. The molecule has 2 rings (SSSR count). The van der Waals surface area contributed by atoms with Crippen molar-refractivity contribution < 1.29 is 18.4 Å². The zero-order chi connectivity index (χ0) is 13.6. The highest BCUT2D eigenvalue weighted by molar-refractivity contribution is 7.70. The normalized spacial score (nSPS) is 10.3. The first-order chi connectivity index (χ1) is 9.22. The van der Waals surface area contributed by atoms with Gasteiger partial charge in [-0.15, -0.1) is 0 Å². The van der Waals surface area contributed by atoms with Gasteiger partial charge in [-0.1, -0.05) is 36.4 Å². The minimum Gasteiger partial charge on any atom is -0.409 e. The Morgan fingerprint density at radius 1 is 0.895 bits per heavy atom. The Morgan fingerprint density at radius 2 is 1.32 bits per heavy atom. The lowest BCUT2D eigenvalue weighted by atomic mass is 10.3. The van der Waals surface area contributed by atoms with E-state index in [1.165, 1.54) is 0 Å². The van der Waals surface area contributed by atoms with Crippen LogP contribution in [0.5, 0.6) is 11.5 Å². The van der Waals surface area contributed by atoms with Crippen molar-refractivity contribution in [2.24, 2.45) is 0 Å². The fourth-order valence-corrected chi connectivity index (χ4v) is 2.47. The molecule has 0 atom stereocenters. The van der Waals surface area contributed by atoms with Crippen LogP contribution in [0.2, 0.25) is 0 Å². The second-order valence-corrected chi connectivity index (χ2v) is 5.26. The van der Waals surface area contributed by atoms with Crippen LogP contribution in [0.1, 0.15) is 0 Å². The Kier molecular flexibility index (Phi) is 4.14. The number of rotatable bonds is 5. The lowest BCUT2D eigenvalue weighted by molar-refractivity contribution is 0.00591. The molecule has 0 spiro atoms. The van der Waals surface area contributed by atoms with Crippen molar-refractivity contribution in [3.8, 4) is 11.5 Å². The van der Waals surface area contributed by atoms with Crippen LogP contribution in [-0.2, 0) is 4.57 Å². The van der Waals surface area contributed by atoms with Crippen LogP contribution in [-0.4, -0.2) is 10.7 Å². The van der Waals surface area contributed by atoms with Gasteiger partial charge in [0, 0.05) is 0 Å². The fraction of sp³-hybridized carbons (Fsp3) is 0. The van der Waals surface area contributed by atoms with Crippen molar-refractivity contribution in [3.63, 3.8) is 0 Å². The van der Waals surface area contributed by atoms with E-state index in [-0.39, 0.29) is 0 Å². The molecule has 0 saturated carbocycles. The predicted octanol–water partition coefficient (Wildman–Crippen LogP) is 3.60. The van der Waals surface area contributed by atoms with Crippen LogP contribution in [0.3, 0.4) is 0 Å². The maximum atomic E-state index is 12.4. The minimum absolute atomic E-state index is 0.363. The highest BCUT2D eigenvalue weighted by Crippen LogP contribution is 2.45.